The third-order valence-electron chi connectivity index (χ3n) is 2.51. The van der Waals surface area contributed by atoms with Crippen molar-refractivity contribution in [3.05, 3.63) is 48.0 Å². The molecule has 0 atom stereocenters. The van der Waals surface area contributed by atoms with Crippen LogP contribution < -0.4 is 0 Å². The monoisotopic (exact) mass is 276 g/mol. The summed E-state index contributed by atoms with van der Waals surface area (Å²) in [6, 6.07) is 14.9. The maximum Gasteiger partial charge on any atom is 0.0148 e. The number of hydrogen-bond donors (Lipinski definition) is 1. The molecule has 0 saturated heterocycles. The van der Waals surface area contributed by atoms with Crippen LogP contribution in [-0.2, 0) is 0 Å². The molecule has 0 aliphatic rings. The van der Waals surface area contributed by atoms with Gasteiger partial charge in [-0.1, -0.05) is 43.7 Å². The summed E-state index contributed by atoms with van der Waals surface area (Å²) in [4.78, 5) is 2.32. The van der Waals surface area contributed by atoms with Gasteiger partial charge in [0.15, 0.2) is 0 Å². The number of thiol groups is 1. The van der Waals surface area contributed by atoms with Crippen LogP contribution in [0.1, 0.15) is 19.4 Å². The summed E-state index contributed by atoms with van der Waals surface area (Å²) in [6.45, 7) is 6.12. The van der Waals surface area contributed by atoms with Gasteiger partial charge < -0.3 is 0 Å². The minimum Gasteiger partial charge on any atom is -0.143 e. The zero-order chi connectivity index (χ0) is 13.5. The van der Waals surface area contributed by atoms with Crippen LogP contribution in [0.5, 0.6) is 0 Å². The van der Waals surface area contributed by atoms with Gasteiger partial charge in [0.2, 0.25) is 0 Å². The van der Waals surface area contributed by atoms with Crippen LogP contribution in [0.25, 0.3) is 11.1 Å². The summed E-state index contributed by atoms with van der Waals surface area (Å²) in [6.07, 6.45) is 2.11. The average molecular weight is 276 g/mol. The standard InChI is InChI=1S/C14H14S2.C2H6/c1-10-6-7-14(16-2)13(8-10)11-4-3-5-12(15)9-11;1-2/h3-9,15H,1-2H3;1-2H3. The Hall–Kier alpha value is -0.860. The third kappa shape index (κ3) is 3.82. The van der Waals surface area contributed by atoms with Crippen molar-refractivity contribution in [1.29, 1.82) is 0 Å². The molecule has 2 aromatic carbocycles. The Kier molecular flexibility index (Phi) is 6.37. The first-order valence-electron chi connectivity index (χ1n) is 6.15. The zero-order valence-corrected chi connectivity index (χ0v) is 13.1. The molecular weight excluding hydrogens is 256 g/mol. The molecule has 0 heterocycles. The fourth-order valence-electron chi connectivity index (χ4n) is 1.72. The molecule has 2 heteroatoms. The van der Waals surface area contributed by atoms with Crippen molar-refractivity contribution in [2.45, 2.75) is 30.6 Å². The molecular formula is C16H20S2. The highest BCUT2D eigenvalue weighted by molar-refractivity contribution is 7.98. The van der Waals surface area contributed by atoms with Crippen molar-refractivity contribution in [2.24, 2.45) is 0 Å². The minimum absolute atomic E-state index is 1.01. The number of rotatable bonds is 2. The first-order chi connectivity index (χ1) is 8.70. The van der Waals surface area contributed by atoms with Crippen LogP contribution in [0.4, 0.5) is 0 Å². The Morgan fingerprint density at radius 2 is 1.72 bits per heavy atom. The maximum atomic E-state index is 4.39. The lowest BCUT2D eigenvalue weighted by Gasteiger charge is -2.09. The first-order valence-corrected chi connectivity index (χ1v) is 7.82. The van der Waals surface area contributed by atoms with Gasteiger partial charge in [-0.25, -0.2) is 0 Å². The van der Waals surface area contributed by atoms with E-state index in [1.54, 1.807) is 11.8 Å². The highest BCUT2D eigenvalue weighted by Crippen LogP contribution is 2.31. The lowest BCUT2D eigenvalue weighted by atomic mass is 10.0. The van der Waals surface area contributed by atoms with Crippen molar-refractivity contribution in [3.8, 4) is 11.1 Å². The van der Waals surface area contributed by atoms with Gasteiger partial charge in [0.1, 0.15) is 0 Å². The Balaban J connectivity index is 0.000000771. The van der Waals surface area contributed by atoms with Gasteiger partial charge in [-0.15, -0.1) is 24.4 Å². The normalized spacial score (nSPS) is 9.61. The second kappa shape index (κ2) is 7.55. The van der Waals surface area contributed by atoms with Crippen LogP contribution in [-0.4, -0.2) is 6.26 Å². The summed E-state index contributed by atoms with van der Waals surface area (Å²) in [5, 5.41) is 0. The zero-order valence-electron chi connectivity index (χ0n) is 11.4. The number of thioether (sulfide) groups is 1. The van der Waals surface area contributed by atoms with E-state index in [1.807, 2.05) is 26.0 Å². The Labute approximate surface area is 120 Å². The van der Waals surface area contributed by atoms with E-state index in [1.165, 1.54) is 21.6 Å². The lowest BCUT2D eigenvalue weighted by molar-refractivity contribution is 1.36. The number of aryl methyl sites for hydroxylation is 1. The smallest absolute Gasteiger partial charge is 0.0148 e. The Morgan fingerprint density at radius 1 is 1.00 bits per heavy atom. The molecule has 0 amide bonds. The SMILES string of the molecule is CC.CSc1ccc(C)cc1-c1cccc(S)c1. The predicted octanol–water partition coefficient (Wildman–Crippen LogP) is 5.70. The lowest BCUT2D eigenvalue weighted by Crippen LogP contribution is -1.84. The molecule has 0 bridgehead atoms. The van der Waals surface area contributed by atoms with Crippen LogP contribution in [0, 0.1) is 6.92 Å². The molecule has 0 spiro atoms. The quantitative estimate of drug-likeness (QED) is 0.542. The molecule has 0 unspecified atom stereocenters. The van der Waals surface area contributed by atoms with E-state index in [2.05, 4.69) is 56.1 Å². The van der Waals surface area contributed by atoms with Crippen LogP contribution in [0.2, 0.25) is 0 Å². The molecule has 0 nitrogen and oxygen atoms in total. The second-order valence-corrected chi connectivity index (χ2v) is 5.12. The highest BCUT2D eigenvalue weighted by atomic mass is 32.2. The van der Waals surface area contributed by atoms with Gasteiger partial charge in [0.25, 0.3) is 0 Å². The van der Waals surface area contributed by atoms with Crippen molar-refractivity contribution in [2.75, 3.05) is 6.26 Å². The number of benzene rings is 2. The van der Waals surface area contributed by atoms with Crippen molar-refractivity contribution in [1.82, 2.24) is 0 Å². The van der Waals surface area contributed by atoms with Gasteiger partial charge in [-0.3, -0.25) is 0 Å². The van der Waals surface area contributed by atoms with Crippen molar-refractivity contribution >= 4 is 24.4 Å². The molecule has 0 N–H and O–H groups in total. The second-order valence-electron chi connectivity index (χ2n) is 3.75. The summed E-state index contributed by atoms with van der Waals surface area (Å²) in [7, 11) is 0. The van der Waals surface area contributed by atoms with E-state index in [0.29, 0.717) is 0 Å². The van der Waals surface area contributed by atoms with E-state index in [0.717, 1.165) is 4.90 Å². The van der Waals surface area contributed by atoms with Gasteiger partial charge in [0.05, 0.1) is 0 Å². The maximum absolute atomic E-state index is 4.39. The molecule has 0 radical (unpaired) electrons. The summed E-state index contributed by atoms with van der Waals surface area (Å²) >= 11 is 6.17. The van der Waals surface area contributed by atoms with Crippen LogP contribution in [0.3, 0.4) is 0 Å². The van der Waals surface area contributed by atoms with E-state index in [-0.39, 0.29) is 0 Å². The summed E-state index contributed by atoms with van der Waals surface area (Å²) < 4.78 is 0. The topological polar surface area (TPSA) is 0 Å². The van der Waals surface area contributed by atoms with Gasteiger partial charge in [-0.05, 0) is 42.5 Å². The van der Waals surface area contributed by atoms with E-state index >= 15 is 0 Å². The molecule has 0 fully saturated rings. The first kappa shape index (κ1) is 15.2. The molecule has 96 valence electrons. The summed E-state index contributed by atoms with van der Waals surface area (Å²) in [5.41, 5.74) is 3.82. The Morgan fingerprint density at radius 3 is 2.33 bits per heavy atom. The summed E-state index contributed by atoms with van der Waals surface area (Å²) in [5.74, 6) is 0. The van der Waals surface area contributed by atoms with Gasteiger partial charge >= 0.3 is 0 Å². The molecule has 18 heavy (non-hydrogen) atoms. The minimum atomic E-state index is 1.01. The molecule has 0 aromatic heterocycles. The Bertz CT molecular complexity index is 504. The van der Waals surface area contributed by atoms with E-state index in [9.17, 15) is 0 Å². The predicted molar refractivity (Wildman–Crippen MR) is 87.0 cm³/mol. The van der Waals surface area contributed by atoms with Crippen LogP contribution in [0.15, 0.2) is 52.3 Å². The molecule has 0 saturated carbocycles. The van der Waals surface area contributed by atoms with Gasteiger partial charge in [-0.2, -0.15) is 0 Å². The van der Waals surface area contributed by atoms with E-state index in [4.69, 9.17) is 0 Å². The van der Waals surface area contributed by atoms with E-state index < -0.39 is 0 Å². The van der Waals surface area contributed by atoms with Gasteiger partial charge in [0, 0.05) is 9.79 Å². The third-order valence-corrected chi connectivity index (χ3v) is 3.59. The molecule has 0 aliphatic carbocycles. The average Bonchev–Trinajstić information content (AvgIpc) is 2.41. The van der Waals surface area contributed by atoms with Crippen molar-refractivity contribution in [3.63, 3.8) is 0 Å². The molecule has 2 aromatic rings. The van der Waals surface area contributed by atoms with Crippen molar-refractivity contribution < 1.29 is 0 Å². The van der Waals surface area contributed by atoms with Crippen LogP contribution >= 0.6 is 24.4 Å². The fraction of sp³-hybridized carbons (Fsp3) is 0.250. The largest absolute Gasteiger partial charge is 0.143 e. The molecule has 2 rings (SSSR count). The number of hydrogen-bond acceptors (Lipinski definition) is 2. The highest BCUT2D eigenvalue weighted by Gasteiger charge is 2.04. The fourth-order valence-corrected chi connectivity index (χ4v) is 2.55. The molecule has 0 aliphatic heterocycles.